The lowest BCUT2D eigenvalue weighted by Crippen LogP contribution is -2.39. The van der Waals surface area contributed by atoms with E-state index in [2.05, 4.69) is 15.1 Å². The molecule has 0 atom stereocenters. The van der Waals surface area contributed by atoms with Gasteiger partial charge in [-0.1, -0.05) is 11.6 Å². The van der Waals surface area contributed by atoms with Gasteiger partial charge in [0.05, 0.1) is 11.3 Å². The van der Waals surface area contributed by atoms with Gasteiger partial charge in [0.2, 0.25) is 0 Å². The summed E-state index contributed by atoms with van der Waals surface area (Å²) in [4.78, 5) is 19.9. The highest BCUT2D eigenvalue weighted by Crippen LogP contribution is 2.35. The third-order valence-corrected chi connectivity index (χ3v) is 6.27. The number of aryl methyl sites for hydroxylation is 1. The first-order chi connectivity index (χ1) is 13.0. The quantitative estimate of drug-likeness (QED) is 0.670. The Labute approximate surface area is 166 Å². The second-order valence-electron chi connectivity index (χ2n) is 6.48. The summed E-state index contributed by atoms with van der Waals surface area (Å²) >= 11 is 6.16. The molecule has 9 nitrogen and oxygen atoms in total. The van der Waals surface area contributed by atoms with E-state index >= 15 is 0 Å². The predicted octanol–water partition coefficient (Wildman–Crippen LogP) is 2.70. The zero-order chi connectivity index (χ0) is 20.8. The Morgan fingerprint density at radius 2 is 1.89 bits per heavy atom. The highest BCUT2D eigenvalue weighted by Gasteiger charge is 2.35. The Hall–Kier alpha value is -2.72. The molecule has 0 unspecified atom stereocenters. The van der Waals surface area contributed by atoms with Crippen LogP contribution >= 0.6 is 11.6 Å². The maximum Gasteiger partial charge on any atom is 0.337 e. The van der Waals surface area contributed by atoms with E-state index < -0.39 is 27.2 Å². The van der Waals surface area contributed by atoms with Crippen molar-refractivity contribution in [2.24, 2.45) is 0 Å². The van der Waals surface area contributed by atoms with Crippen LogP contribution in [0.5, 0.6) is 0 Å². The smallest absolute Gasteiger partial charge is 0.337 e. The summed E-state index contributed by atoms with van der Waals surface area (Å²) in [7, 11) is -4.30. The van der Waals surface area contributed by atoms with Crippen molar-refractivity contribution in [3.8, 4) is 0 Å². The van der Waals surface area contributed by atoms with E-state index in [1.807, 2.05) is 0 Å². The number of rotatable bonds is 5. The fourth-order valence-electron chi connectivity index (χ4n) is 2.83. The SMILES string of the molecule is Cc1ccn2nc(S(=O)(=O)N(c3c(C(=O)O)ccc(Cl)c3C)C(C)C)nc2n1. The van der Waals surface area contributed by atoms with Gasteiger partial charge in [0.15, 0.2) is 0 Å². The predicted molar refractivity (Wildman–Crippen MR) is 103 cm³/mol. The van der Waals surface area contributed by atoms with Crippen molar-refractivity contribution in [1.29, 1.82) is 0 Å². The summed E-state index contributed by atoms with van der Waals surface area (Å²) < 4.78 is 29.0. The van der Waals surface area contributed by atoms with Crippen LogP contribution in [0, 0.1) is 13.8 Å². The molecule has 3 rings (SSSR count). The van der Waals surface area contributed by atoms with Gasteiger partial charge < -0.3 is 5.11 Å². The van der Waals surface area contributed by atoms with Gasteiger partial charge in [-0.05, 0) is 51.5 Å². The van der Waals surface area contributed by atoms with Crippen molar-refractivity contribution in [3.05, 3.63) is 46.2 Å². The number of hydrogen-bond acceptors (Lipinski definition) is 6. The van der Waals surface area contributed by atoms with E-state index in [1.165, 1.54) is 16.6 Å². The lowest BCUT2D eigenvalue weighted by molar-refractivity contribution is 0.0697. The van der Waals surface area contributed by atoms with Crippen LogP contribution in [0.3, 0.4) is 0 Å². The minimum atomic E-state index is -4.30. The number of carboxylic acids is 1. The molecule has 2 aromatic heterocycles. The summed E-state index contributed by atoms with van der Waals surface area (Å²) in [5, 5.41) is 13.4. The zero-order valence-corrected chi connectivity index (χ0v) is 17.2. The van der Waals surface area contributed by atoms with Crippen LogP contribution in [0.2, 0.25) is 5.02 Å². The van der Waals surface area contributed by atoms with Crippen LogP contribution in [0.4, 0.5) is 5.69 Å². The Morgan fingerprint density at radius 3 is 2.50 bits per heavy atom. The lowest BCUT2D eigenvalue weighted by atomic mass is 10.1. The first kappa shape index (κ1) is 20.0. The summed E-state index contributed by atoms with van der Waals surface area (Å²) in [6.07, 6.45) is 1.55. The highest BCUT2D eigenvalue weighted by molar-refractivity contribution is 7.92. The first-order valence-corrected chi connectivity index (χ1v) is 10.1. The lowest BCUT2D eigenvalue weighted by Gasteiger charge is -2.29. The standard InChI is InChI=1S/C17H18ClN5O4S/c1-9(2)23(14-11(4)13(18)6-5-12(14)15(24)25)28(26,27)17-20-16-19-10(3)7-8-22(16)21-17/h5-9H,1-4H3,(H,24,25). The van der Waals surface area contributed by atoms with Gasteiger partial charge in [0, 0.05) is 23.0 Å². The fourth-order valence-corrected chi connectivity index (χ4v) is 4.58. The van der Waals surface area contributed by atoms with E-state index in [9.17, 15) is 18.3 Å². The molecule has 0 aliphatic rings. The molecule has 148 valence electrons. The number of benzene rings is 1. The van der Waals surface area contributed by atoms with Crippen molar-refractivity contribution in [3.63, 3.8) is 0 Å². The Morgan fingerprint density at radius 1 is 1.21 bits per heavy atom. The number of nitrogens with zero attached hydrogens (tertiary/aromatic N) is 5. The second-order valence-corrected chi connectivity index (χ2v) is 8.59. The van der Waals surface area contributed by atoms with Gasteiger partial charge in [-0.3, -0.25) is 4.31 Å². The van der Waals surface area contributed by atoms with E-state index in [-0.39, 0.29) is 22.1 Å². The normalized spacial score (nSPS) is 11.9. The molecule has 3 aromatic rings. The van der Waals surface area contributed by atoms with Gasteiger partial charge in [-0.25, -0.2) is 14.3 Å². The van der Waals surface area contributed by atoms with Gasteiger partial charge in [-0.2, -0.15) is 13.4 Å². The van der Waals surface area contributed by atoms with Crippen LogP contribution in [-0.4, -0.2) is 45.1 Å². The van der Waals surface area contributed by atoms with Crippen LogP contribution in [0.1, 0.15) is 35.5 Å². The van der Waals surface area contributed by atoms with Gasteiger partial charge in [0.1, 0.15) is 0 Å². The number of hydrogen-bond donors (Lipinski definition) is 1. The second kappa shape index (κ2) is 7.02. The molecular weight excluding hydrogens is 406 g/mol. The largest absolute Gasteiger partial charge is 0.478 e. The number of aromatic nitrogens is 4. The number of sulfonamides is 1. The first-order valence-electron chi connectivity index (χ1n) is 8.31. The van der Waals surface area contributed by atoms with E-state index in [4.69, 9.17) is 11.6 Å². The Bertz CT molecular complexity index is 1190. The molecule has 0 aliphatic heterocycles. The number of fused-ring (bicyclic) bond motifs is 1. The molecule has 2 heterocycles. The number of carboxylic acid groups (broad SMARTS) is 1. The molecule has 0 saturated carbocycles. The summed E-state index contributed by atoms with van der Waals surface area (Å²) in [5.74, 6) is -1.14. The van der Waals surface area contributed by atoms with E-state index in [1.54, 1.807) is 40.0 Å². The number of aromatic carboxylic acids is 1. The maximum atomic E-state index is 13.4. The van der Waals surface area contributed by atoms with Crippen LogP contribution in [0.15, 0.2) is 29.6 Å². The molecular formula is C17H18ClN5O4S. The number of halogens is 1. The van der Waals surface area contributed by atoms with Gasteiger partial charge in [-0.15, -0.1) is 5.10 Å². The minimum Gasteiger partial charge on any atom is -0.478 e. The van der Waals surface area contributed by atoms with Crippen molar-refractivity contribution in [1.82, 2.24) is 19.6 Å². The summed E-state index contributed by atoms with van der Waals surface area (Å²) in [6.45, 7) is 6.57. The van der Waals surface area contributed by atoms with Crippen molar-refractivity contribution in [2.75, 3.05) is 4.31 Å². The number of anilines is 1. The molecule has 0 bridgehead atoms. The summed E-state index contributed by atoms with van der Waals surface area (Å²) in [6, 6.07) is 3.74. The zero-order valence-electron chi connectivity index (χ0n) is 15.6. The molecule has 0 aliphatic carbocycles. The molecule has 28 heavy (non-hydrogen) atoms. The Kier molecular flexibility index (Phi) is 5.02. The third-order valence-electron chi connectivity index (χ3n) is 4.10. The topological polar surface area (TPSA) is 118 Å². The number of carbonyl (C=O) groups is 1. The maximum absolute atomic E-state index is 13.4. The summed E-state index contributed by atoms with van der Waals surface area (Å²) in [5.41, 5.74) is 0.787. The highest BCUT2D eigenvalue weighted by atomic mass is 35.5. The van der Waals surface area contributed by atoms with Crippen LogP contribution in [0.25, 0.3) is 5.78 Å². The fraction of sp³-hybridized carbons (Fsp3) is 0.294. The molecule has 11 heteroatoms. The molecule has 0 spiro atoms. The van der Waals surface area contributed by atoms with Crippen LogP contribution in [-0.2, 0) is 10.0 Å². The van der Waals surface area contributed by atoms with Gasteiger partial charge in [0.25, 0.3) is 10.9 Å². The molecule has 0 fully saturated rings. The van der Waals surface area contributed by atoms with Gasteiger partial charge >= 0.3 is 16.0 Å². The van der Waals surface area contributed by atoms with E-state index in [0.717, 1.165) is 4.31 Å². The van der Waals surface area contributed by atoms with E-state index in [0.29, 0.717) is 11.3 Å². The molecule has 0 saturated heterocycles. The van der Waals surface area contributed by atoms with Crippen LogP contribution < -0.4 is 4.31 Å². The molecule has 0 radical (unpaired) electrons. The van der Waals surface area contributed by atoms with Crippen molar-refractivity contribution < 1.29 is 18.3 Å². The van der Waals surface area contributed by atoms with Crippen molar-refractivity contribution in [2.45, 2.75) is 38.9 Å². The average Bonchev–Trinajstić information content (AvgIpc) is 3.02. The average molecular weight is 424 g/mol. The van der Waals surface area contributed by atoms with Crippen molar-refractivity contribution >= 4 is 39.1 Å². The molecule has 1 aromatic carbocycles. The molecule has 0 amide bonds. The Balaban J connectivity index is 2.27. The third kappa shape index (κ3) is 3.29. The molecule has 1 N–H and O–H groups in total. The monoisotopic (exact) mass is 423 g/mol. The minimum absolute atomic E-state index is 0.0157.